The normalized spacial score (nSPS) is 14.8. The summed E-state index contributed by atoms with van der Waals surface area (Å²) in [6.07, 6.45) is -1.06. The maximum Gasteiger partial charge on any atom is 0.343 e. The number of cyclic esters (lactones) is 1. The Morgan fingerprint density at radius 3 is 2.61 bits per heavy atom. The van der Waals surface area contributed by atoms with Crippen molar-refractivity contribution in [2.45, 2.75) is 12.5 Å². The monoisotopic (exact) mass is 389 g/mol. The largest absolute Gasteiger partial charge is 0.493 e. The van der Waals surface area contributed by atoms with Crippen molar-refractivity contribution in [3.63, 3.8) is 0 Å². The van der Waals surface area contributed by atoms with Crippen molar-refractivity contribution in [2.75, 3.05) is 19.5 Å². The third-order valence-electron chi connectivity index (χ3n) is 4.23. The van der Waals surface area contributed by atoms with Crippen LogP contribution >= 0.6 is 0 Å². The Kier molecular flexibility index (Phi) is 5.16. The summed E-state index contributed by atoms with van der Waals surface area (Å²) in [5.74, 6) is -2.96. The lowest BCUT2D eigenvalue weighted by Gasteiger charge is -2.13. The molecule has 0 aromatic heterocycles. The maximum absolute atomic E-state index is 13.5. The van der Waals surface area contributed by atoms with E-state index in [4.69, 9.17) is 19.3 Å². The molecule has 1 unspecified atom stereocenters. The van der Waals surface area contributed by atoms with Gasteiger partial charge in [-0.05, 0) is 24.3 Å². The number of benzene rings is 2. The van der Waals surface area contributed by atoms with E-state index in [1.54, 1.807) is 12.1 Å². The first-order chi connectivity index (χ1) is 13.3. The average Bonchev–Trinajstić information content (AvgIpc) is 2.97. The molecule has 1 heterocycles. The Bertz CT molecular complexity index is 973. The predicted molar refractivity (Wildman–Crippen MR) is 94.3 cm³/mol. The number of carboxylic acids is 1. The number of aromatic carboxylic acids is 1. The Hall–Kier alpha value is -3.62. The Morgan fingerprint density at radius 1 is 1.21 bits per heavy atom. The van der Waals surface area contributed by atoms with Gasteiger partial charge in [0.1, 0.15) is 17.5 Å². The number of rotatable bonds is 6. The highest BCUT2D eigenvalue weighted by atomic mass is 19.1. The lowest BCUT2D eigenvalue weighted by Crippen LogP contribution is -2.16. The van der Waals surface area contributed by atoms with E-state index in [2.05, 4.69) is 5.32 Å². The van der Waals surface area contributed by atoms with Gasteiger partial charge in [0.15, 0.2) is 11.5 Å². The number of carbonyl (C=O) groups excluding carboxylic acids is 2. The fourth-order valence-electron chi connectivity index (χ4n) is 2.97. The van der Waals surface area contributed by atoms with E-state index < -0.39 is 35.3 Å². The van der Waals surface area contributed by atoms with Gasteiger partial charge in [-0.2, -0.15) is 0 Å². The smallest absolute Gasteiger partial charge is 0.343 e. The Labute approximate surface area is 158 Å². The molecule has 9 heteroatoms. The van der Waals surface area contributed by atoms with Gasteiger partial charge < -0.3 is 24.6 Å². The fraction of sp³-hybridized carbons (Fsp3) is 0.211. The van der Waals surface area contributed by atoms with Gasteiger partial charge >= 0.3 is 11.9 Å². The number of anilines is 1. The highest BCUT2D eigenvalue weighted by Gasteiger charge is 2.36. The van der Waals surface area contributed by atoms with Crippen molar-refractivity contribution in [1.29, 1.82) is 0 Å². The van der Waals surface area contributed by atoms with E-state index in [9.17, 15) is 18.8 Å². The van der Waals surface area contributed by atoms with Crippen molar-refractivity contribution in [3.05, 3.63) is 52.8 Å². The summed E-state index contributed by atoms with van der Waals surface area (Å²) in [4.78, 5) is 35.5. The molecular formula is C19H16FNO7. The van der Waals surface area contributed by atoms with Gasteiger partial charge in [0.05, 0.1) is 26.2 Å². The number of amides is 1. The minimum absolute atomic E-state index is 0.112. The molecule has 1 amide bonds. The van der Waals surface area contributed by atoms with Crippen molar-refractivity contribution in [2.24, 2.45) is 0 Å². The Balaban J connectivity index is 1.79. The number of hydrogen-bond acceptors (Lipinski definition) is 6. The lowest BCUT2D eigenvalue weighted by atomic mass is 10.0. The van der Waals surface area contributed by atoms with Crippen LogP contribution in [0.4, 0.5) is 10.1 Å². The zero-order valence-corrected chi connectivity index (χ0v) is 14.9. The molecule has 8 nitrogen and oxygen atoms in total. The molecule has 0 radical (unpaired) electrons. The van der Waals surface area contributed by atoms with Crippen molar-refractivity contribution in [1.82, 2.24) is 0 Å². The quantitative estimate of drug-likeness (QED) is 0.731. The summed E-state index contributed by atoms with van der Waals surface area (Å²) in [6.45, 7) is 0. The third-order valence-corrected chi connectivity index (χ3v) is 4.23. The molecule has 2 N–H and O–H groups in total. The van der Waals surface area contributed by atoms with Crippen LogP contribution in [0.25, 0.3) is 0 Å². The van der Waals surface area contributed by atoms with Crippen molar-refractivity contribution < 1.29 is 38.1 Å². The maximum atomic E-state index is 13.5. The molecular weight excluding hydrogens is 373 g/mol. The predicted octanol–water partition coefficient (Wildman–Crippen LogP) is 2.78. The van der Waals surface area contributed by atoms with Gasteiger partial charge in [-0.3, -0.25) is 4.79 Å². The summed E-state index contributed by atoms with van der Waals surface area (Å²) in [5.41, 5.74) is 0.214. The van der Waals surface area contributed by atoms with Crippen molar-refractivity contribution in [3.8, 4) is 11.5 Å². The molecule has 0 fully saturated rings. The van der Waals surface area contributed by atoms with E-state index in [-0.39, 0.29) is 23.4 Å². The molecule has 146 valence electrons. The van der Waals surface area contributed by atoms with E-state index in [0.29, 0.717) is 11.3 Å². The van der Waals surface area contributed by atoms with Crippen LogP contribution in [0.2, 0.25) is 0 Å². The molecule has 0 saturated carbocycles. The highest BCUT2D eigenvalue weighted by Crippen LogP contribution is 2.43. The van der Waals surface area contributed by atoms with Gasteiger partial charge in [0, 0.05) is 11.3 Å². The van der Waals surface area contributed by atoms with Crippen LogP contribution < -0.4 is 14.8 Å². The zero-order chi connectivity index (χ0) is 20.4. The minimum atomic E-state index is -1.45. The van der Waals surface area contributed by atoms with Crippen LogP contribution in [0.5, 0.6) is 11.5 Å². The summed E-state index contributed by atoms with van der Waals surface area (Å²) in [5, 5.41) is 11.4. The second-order valence-corrected chi connectivity index (χ2v) is 5.91. The van der Waals surface area contributed by atoms with Gasteiger partial charge in [-0.25, -0.2) is 14.0 Å². The number of carboxylic acid groups (broad SMARTS) is 1. The second-order valence-electron chi connectivity index (χ2n) is 5.91. The standard InChI is InChI=1S/C19H16FNO7/c1-26-13-6-4-10-14(28-19(25)16(10)17(13)27-2)8-15(22)21-9-3-5-12(20)11(7-9)18(23)24/h3-7,14H,8H2,1-2H3,(H,21,22)(H,23,24). The fourth-order valence-corrected chi connectivity index (χ4v) is 2.97. The van der Waals surface area contributed by atoms with Crippen LogP contribution in [-0.2, 0) is 9.53 Å². The first kappa shape index (κ1) is 19.2. The highest BCUT2D eigenvalue weighted by molar-refractivity contribution is 5.99. The summed E-state index contributed by atoms with van der Waals surface area (Å²) in [7, 11) is 2.82. The second kappa shape index (κ2) is 7.55. The number of fused-ring (bicyclic) bond motifs is 1. The molecule has 0 bridgehead atoms. The number of esters is 1. The molecule has 0 aliphatic carbocycles. The number of ether oxygens (including phenoxy) is 3. The summed E-state index contributed by atoms with van der Waals surface area (Å²) >= 11 is 0. The molecule has 2 aromatic rings. The van der Waals surface area contributed by atoms with Crippen LogP contribution in [0.1, 0.15) is 38.8 Å². The Morgan fingerprint density at radius 2 is 1.96 bits per heavy atom. The van der Waals surface area contributed by atoms with Crippen molar-refractivity contribution >= 4 is 23.5 Å². The average molecular weight is 389 g/mol. The van der Waals surface area contributed by atoms with Crippen LogP contribution in [0.3, 0.4) is 0 Å². The van der Waals surface area contributed by atoms with E-state index in [1.807, 2.05) is 0 Å². The molecule has 1 atom stereocenters. The SMILES string of the molecule is COc1ccc2c(c1OC)C(=O)OC2CC(=O)Nc1ccc(F)c(C(=O)O)c1. The van der Waals surface area contributed by atoms with Gasteiger partial charge in [0.2, 0.25) is 5.91 Å². The van der Waals surface area contributed by atoms with E-state index >= 15 is 0 Å². The number of carbonyl (C=O) groups is 3. The van der Waals surface area contributed by atoms with Gasteiger partial charge in [-0.1, -0.05) is 6.07 Å². The number of halogens is 1. The minimum Gasteiger partial charge on any atom is -0.493 e. The zero-order valence-electron chi connectivity index (χ0n) is 14.9. The summed E-state index contributed by atoms with van der Waals surface area (Å²) < 4.78 is 29.1. The molecule has 2 aromatic carbocycles. The summed E-state index contributed by atoms with van der Waals surface area (Å²) in [6, 6.07) is 6.41. The molecule has 3 rings (SSSR count). The van der Waals surface area contributed by atoms with E-state index in [0.717, 1.165) is 12.1 Å². The third kappa shape index (κ3) is 3.46. The molecule has 0 spiro atoms. The van der Waals surface area contributed by atoms with Gasteiger partial charge in [0.25, 0.3) is 0 Å². The first-order valence-electron chi connectivity index (χ1n) is 8.14. The number of hydrogen-bond donors (Lipinski definition) is 2. The van der Waals surface area contributed by atoms with Crippen LogP contribution in [0, 0.1) is 5.82 Å². The lowest BCUT2D eigenvalue weighted by molar-refractivity contribution is -0.118. The molecule has 28 heavy (non-hydrogen) atoms. The number of nitrogens with one attached hydrogen (secondary N) is 1. The van der Waals surface area contributed by atoms with E-state index in [1.165, 1.54) is 20.3 Å². The van der Waals surface area contributed by atoms with Crippen LogP contribution in [-0.4, -0.2) is 37.2 Å². The first-order valence-corrected chi connectivity index (χ1v) is 8.14. The molecule has 1 aliphatic rings. The van der Waals surface area contributed by atoms with Crippen LogP contribution in [0.15, 0.2) is 30.3 Å². The van der Waals surface area contributed by atoms with Gasteiger partial charge in [-0.15, -0.1) is 0 Å². The number of methoxy groups -OCH3 is 2. The molecule has 1 aliphatic heterocycles. The topological polar surface area (TPSA) is 111 Å². The molecule has 0 saturated heterocycles.